The van der Waals surface area contributed by atoms with Crippen LogP contribution in [0.2, 0.25) is 0 Å². The molecule has 1 heterocycles. The lowest BCUT2D eigenvalue weighted by atomic mass is 10.1. The maximum atomic E-state index is 12.5. The van der Waals surface area contributed by atoms with Gasteiger partial charge in [-0.05, 0) is 48.0 Å². The van der Waals surface area contributed by atoms with Crippen LogP contribution < -0.4 is 18.9 Å². The quantitative estimate of drug-likeness (QED) is 0.568. The zero-order valence-corrected chi connectivity index (χ0v) is 14.8. The van der Waals surface area contributed by atoms with Gasteiger partial charge in [0.05, 0.1) is 19.8 Å². The monoisotopic (exact) mass is 390 g/mol. The van der Waals surface area contributed by atoms with Gasteiger partial charge in [-0.2, -0.15) is 0 Å². The molecule has 0 saturated heterocycles. The van der Waals surface area contributed by atoms with Crippen LogP contribution in [0.1, 0.15) is 15.9 Å². The SMILES string of the molecule is COc1ccc(OC)c(C(=O)/C=C/c2cc3c(cc2Br)OCO3)c1. The molecule has 0 atom stereocenters. The van der Waals surface area contributed by atoms with Gasteiger partial charge in [0, 0.05) is 4.47 Å². The van der Waals surface area contributed by atoms with Crippen LogP contribution in [-0.2, 0) is 0 Å². The number of fused-ring (bicyclic) bond motifs is 1. The number of benzene rings is 2. The summed E-state index contributed by atoms with van der Waals surface area (Å²) in [6, 6.07) is 8.74. The second-order valence-electron chi connectivity index (χ2n) is 4.99. The highest BCUT2D eigenvalue weighted by molar-refractivity contribution is 9.10. The molecule has 0 aromatic heterocycles. The Morgan fingerprint density at radius 3 is 2.58 bits per heavy atom. The molecule has 2 aromatic carbocycles. The van der Waals surface area contributed by atoms with E-state index in [0.717, 1.165) is 10.0 Å². The molecule has 2 aromatic rings. The summed E-state index contributed by atoms with van der Waals surface area (Å²) in [5.41, 5.74) is 1.25. The van der Waals surface area contributed by atoms with Gasteiger partial charge in [0.15, 0.2) is 17.3 Å². The predicted molar refractivity (Wildman–Crippen MR) is 93.2 cm³/mol. The molecule has 0 saturated carbocycles. The molecule has 0 spiro atoms. The summed E-state index contributed by atoms with van der Waals surface area (Å²) in [6.45, 7) is 0.203. The van der Waals surface area contributed by atoms with Crippen molar-refractivity contribution in [1.29, 1.82) is 0 Å². The van der Waals surface area contributed by atoms with E-state index in [2.05, 4.69) is 15.9 Å². The van der Waals surface area contributed by atoms with E-state index in [4.69, 9.17) is 18.9 Å². The third kappa shape index (κ3) is 3.23. The highest BCUT2D eigenvalue weighted by Crippen LogP contribution is 2.37. The van der Waals surface area contributed by atoms with Crippen molar-refractivity contribution in [3.8, 4) is 23.0 Å². The van der Waals surface area contributed by atoms with Crippen LogP contribution in [0.3, 0.4) is 0 Å². The Hall–Kier alpha value is -2.47. The first kappa shape index (κ1) is 16.4. The Bertz CT molecular complexity index is 813. The Kier molecular flexibility index (Phi) is 4.76. The molecule has 124 valence electrons. The molecule has 0 unspecified atom stereocenters. The summed E-state index contributed by atoms with van der Waals surface area (Å²) in [4.78, 5) is 12.5. The van der Waals surface area contributed by atoms with E-state index >= 15 is 0 Å². The van der Waals surface area contributed by atoms with E-state index in [9.17, 15) is 4.79 Å². The number of halogens is 1. The molecule has 0 fully saturated rings. The van der Waals surface area contributed by atoms with E-state index < -0.39 is 0 Å². The second kappa shape index (κ2) is 6.97. The van der Waals surface area contributed by atoms with Crippen molar-refractivity contribution in [2.75, 3.05) is 21.0 Å². The molecule has 5 nitrogen and oxygen atoms in total. The summed E-state index contributed by atoms with van der Waals surface area (Å²) in [6.07, 6.45) is 3.20. The van der Waals surface area contributed by atoms with E-state index in [-0.39, 0.29) is 12.6 Å². The van der Waals surface area contributed by atoms with Gasteiger partial charge >= 0.3 is 0 Å². The molecule has 24 heavy (non-hydrogen) atoms. The number of ether oxygens (including phenoxy) is 4. The summed E-state index contributed by atoms with van der Waals surface area (Å²) >= 11 is 3.46. The molecule has 0 aliphatic carbocycles. The maximum absolute atomic E-state index is 12.5. The second-order valence-corrected chi connectivity index (χ2v) is 5.85. The molecule has 0 bridgehead atoms. The van der Waals surface area contributed by atoms with Gasteiger partial charge in [0.2, 0.25) is 6.79 Å². The molecule has 0 radical (unpaired) electrons. The number of hydrogen-bond acceptors (Lipinski definition) is 5. The van der Waals surface area contributed by atoms with Crippen molar-refractivity contribution in [3.63, 3.8) is 0 Å². The van der Waals surface area contributed by atoms with Crippen LogP contribution in [-0.4, -0.2) is 26.8 Å². The number of carbonyl (C=O) groups excluding carboxylic acids is 1. The number of rotatable bonds is 5. The zero-order chi connectivity index (χ0) is 17.1. The van der Waals surface area contributed by atoms with Crippen LogP contribution in [0.5, 0.6) is 23.0 Å². The van der Waals surface area contributed by atoms with Gasteiger partial charge in [0.1, 0.15) is 11.5 Å². The van der Waals surface area contributed by atoms with Gasteiger partial charge in [-0.15, -0.1) is 0 Å². The first-order valence-electron chi connectivity index (χ1n) is 7.16. The standard InChI is InChI=1S/C18H15BrO5/c1-21-12-4-6-16(22-2)13(8-12)15(20)5-3-11-7-17-18(9-14(11)19)24-10-23-17/h3-9H,10H2,1-2H3/b5-3+. The van der Waals surface area contributed by atoms with E-state index in [1.54, 1.807) is 31.4 Å². The third-order valence-electron chi connectivity index (χ3n) is 3.58. The summed E-state index contributed by atoms with van der Waals surface area (Å²) < 4.78 is 21.9. The van der Waals surface area contributed by atoms with Gasteiger partial charge in [-0.25, -0.2) is 0 Å². The number of hydrogen-bond donors (Lipinski definition) is 0. The van der Waals surface area contributed by atoms with Crippen LogP contribution in [0.15, 0.2) is 40.9 Å². The van der Waals surface area contributed by atoms with Crippen LogP contribution in [0, 0.1) is 0 Å². The normalized spacial score (nSPS) is 12.5. The van der Waals surface area contributed by atoms with Crippen LogP contribution >= 0.6 is 15.9 Å². The van der Waals surface area contributed by atoms with Crippen molar-refractivity contribution in [2.45, 2.75) is 0 Å². The van der Waals surface area contributed by atoms with Crippen LogP contribution in [0.4, 0.5) is 0 Å². The smallest absolute Gasteiger partial charge is 0.231 e. The van der Waals surface area contributed by atoms with Gasteiger partial charge < -0.3 is 18.9 Å². The zero-order valence-electron chi connectivity index (χ0n) is 13.2. The van der Waals surface area contributed by atoms with E-state index in [1.165, 1.54) is 13.2 Å². The molecule has 6 heteroatoms. The van der Waals surface area contributed by atoms with Gasteiger partial charge in [-0.1, -0.05) is 15.9 Å². The van der Waals surface area contributed by atoms with Crippen molar-refractivity contribution in [1.82, 2.24) is 0 Å². The minimum Gasteiger partial charge on any atom is -0.497 e. The van der Waals surface area contributed by atoms with Gasteiger partial charge in [0.25, 0.3) is 0 Å². The lowest BCUT2D eigenvalue weighted by Gasteiger charge is -2.08. The van der Waals surface area contributed by atoms with Crippen molar-refractivity contribution in [3.05, 3.63) is 52.0 Å². The lowest BCUT2D eigenvalue weighted by Crippen LogP contribution is -1.99. The maximum Gasteiger partial charge on any atom is 0.231 e. The molecule has 1 aliphatic rings. The average molecular weight is 391 g/mol. The highest BCUT2D eigenvalue weighted by atomic mass is 79.9. The lowest BCUT2D eigenvalue weighted by molar-refractivity contribution is 0.104. The summed E-state index contributed by atoms with van der Waals surface area (Å²) in [7, 11) is 3.08. The Labute approximate surface area is 147 Å². The topological polar surface area (TPSA) is 54.0 Å². The first-order chi connectivity index (χ1) is 11.6. The number of methoxy groups -OCH3 is 2. The van der Waals surface area contributed by atoms with Crippen molar-refractivity contribution in [2.24, 2.45) is 0 Å². The Balaban J connectivity index is 1.89. The molecule has 1 aliphatic heterocycles. The first-order valence-corrected chi connectivity index (χ1v) is 7.95. The fourth-order valence-corrected chi connectivity index (χ4v) is 2.78. The molecule has 0 N–H and O–H groups in total. The Morgan fingerprint density at radius 2 is 1.88 bits per heavy atom. The number of carbonyl (C=O) groups is 1. The fraction of sp³-hybridized carbons (Fsp3) is 0.167. The fourth-order valence-electron chi connectivity index (χ4n) is 2.32. The average Bonchev–Trinajstić information content (AvgIpc) is 3.05. The minimum absolute atomic E-state index is 0.185. The summed E-state index contributed by atoms with van der Waals surface area (Å²) in [5, 5.41) is 0. The Morgan fingerprint density at radius 1 is 1.12 bits per heavy atom. The van der Waals surface area contributed by atoms with Gasteiger partial charge in [-0.3, -0.25) is 4.79 Å². The highest BCUT2D eigenvalue weighted by Gasteiger charge is 2.16. The summed E-state index contributed by atoms with van der Waals surface area (Å²) in [5.74, 6) is 2.24. The van der Waals surface area contributed by atoms with Crippen LogP contribution in [0.25, 0.3) is 6.08 Å². The minimum atomic E-state index is -0.185. The molecular weight excluding hydrogens is 376 g/mol. The van der Waals surface area contributed by atoms with E-state index in [1.807, 2.05) is 12.1 Å². The number of ketones is 1. The van der Waals surface area contributed by atoms with E-state index in [0.29, 0.717) is 28.6 Å². The predicted octanol–water partition coefficient (Wildman–Crippen LogP) is 4.09. The molecule has 3 rings (SSSR count). The third-order valence-corrected chi connectivity index (χ3v) is 4.27. The molecular formula is C18H15BrO5. The largest absolute Gasteiger partial charge is 0.497 e. The molecule has 0 amide bonds. The van der Waals surface area contributed by atoms with Crippen molar-refractivity contribution < 1.29 is 23.7 Å². The number of allylic oxidation sites excluding steroid dienone is 1. The van der Waals surface area contributed by atoms with Crippen molar-refractivity contribution >= 4 is 27.8 Å².